The maximum Gasteiger partial charge on any atom is 0.335 e. The third-order valence-electron chi connectivity index (χ3n) is 3.06. The SMILES string of the molecule is O=C(O)c1cccc(OCC(=O)N2C[C@@H](O)[C@@H](O)C2)c1. The molecule has 0 aromatic heterocycles. The Balaban J connectivity index is 1.90. The van der Waals surface area contributed by atoms with Crippen LogP contribution in [0, 0.1) is 0 Å². The first-order valence-corrected chi connectivity index (χ1v) is 6.07. The molecule has 0 spiro atoms. The number of aliphatic hydroxyl groups is 2. The molecule has 0 saturated carbocycles. The number of carboxylic acids is 1. The van der Waals surface area contributed by atoms with Crippen molar-refractivity contribution in [2.75, 3.05) is 19.7 Å². The summed E-state index contributed by atoms with van der Waals surface area (Å²) in [6.45, 7) is -0.139. The second-order valence-corrected chi connectivity index (χ2v) is 4.56. The second kappa shape index (κ2) is 5.89. The molecule has 1 amide bonds. The number of nitrogens with zero attached hydrogens (tertiary/aromatic N) is 1. The Hall–Kier alpha value is -2.12. The highest BCUT2D eigenvalue weighted by Gasteiger charge is 2.32. The Morgan fingerprint density at radius 3 is 2.50 bits per heavy atom. The lowest BCUT2D eigenvalue weighted by Crippen LogP contribution is -2.33. The van der Waals surface area contributed by atoms with Crippen LogP contribution >= 0.6 is 0 Å². The minimum absolute atomic E-state index is 0.0680. The number of hydrogen-bond acceptors (Lipinski definition) is 5. The fourth-order valence-electron chi connectivity index (χ4n) is 1.93. The molecule has 2 rings (SSSR count). The molecule has 0 bridgehead atoms. The van der Waals surface area contributed by atoms with Gasteiger partial charge in [0, 0.05) is 13.1 Å². The molecule has 1 aliphatic heterocycles. The molecule has 2 atom stereocenters. The van der Waals surface area contributed by atoms with Gasteiger partial charge in [0.1, 0.15) is 5.75 Å². The third kappa shape index (κ3) is 3.25. The summed E-state index contributed by atoms with van der Waals surface area (Å²) in [5.41, 5.74) is 0.0713. The maximum absolute atomic E-state index is 11.8. The molecule has 1 heterocycles. The summed E-state index contributed by atoms with van der Waals surface area (Å²) in [6, 6.07) is 5.81. The van der Waals surface area contributed by atoms with Crippen molar-refractivity contribution in [3.63, 3.8) is 0 Å². The average molecular weight is 281 g/mol. The van der Waals surface area contributed by atoms with E-state index in [4.69, 9.17) is 9.84 Å². The van der Waals surface area contributed by atoms with Crippen LogP contribution in [0.1, 0.15) is 10.4 Å². The van der Waals surface area contributed by atoms with Gasteiger partial charge in [-0.15, -0.1) is 0 Å². The van der Waals surface area contributed by atoms with Gasteiger partial charge in [-0.2, -0.15) is 0 Å². The van der Waals surface area contributed by atoms with Gasteiger partial charge in [-0.3, -0.25) is 4.79 Å². The summed E-state index contributed by atoms with van der Waals surface area (Å²) in [7, 11) is 0. The highest BCUT2D eigenvalue weighted by atomic mass is 16.5. The minimum Gasteiger partial charge on any atom is -0.484 e. The Kier molecular flexibility index (Phi) is 4.21. The summed E-state index contributed by atoms with van der Waals surface area (Å²) >= 11 is 0. The normalized spacial score (nSPS) is 21.8. The first-order chi connectivity index (χ1) is 9.47. The number of amides is 1. The maximum atomic E-state index is 11.8. The average Bonchev–Trinajstić information content (AvgIpc) is 2.76. The van der Waals surface area contributed by atoms with Gasteiger partial charge in [0.25, 0.3) is 5.91 Å². The summed E-state index contributed by atoms with van der Waals surface area (Å²) in [4.78, 5) is 23.9. The van der Waals surface area contributed by atoms with E-state index < -0.39 is 18.2 Å². The van der Waals surface area contributed by atoms with Crippen molar-refractivity contribution in [1.82, 2.24) is 4.90 Å². The molecular formula is C13H15NO6. The van der Waals surface area contributed by atoms with Crippen LogP contribution in [0.4, 0.5) is 0 Å². The zero-order valence-electron chi connectivity index (χ0n) is 10.6. The third-order valence-corrected chi connectivity index (χ3v) is 3.06. The molecule has 1 aromatic carbocycles. The van der Waals surface area contributed by atoms with E-state index in [-0.39, 0.29) is 36.9 Å². The summed E-state index contributed by atoms with van der Waals surface area (Å²) < 4.78 is 5.22. The Morgan fingerprint density at radius 2 is 1.90 bits per heavy atom. The van der Waals surface area contributed by atoms with Crippen molar-refractivity contribution in [2.24, 2.45) is 0 Å². The van der Waals surface area contributed by atoms with Crippen LogP contribution < -0.4 is 4.74 Å². The van der Waals surface area contributed by atoms with Gasteiger partial charge in [-0.1, -0.05) is 6.07 Å². The van der Waals surface area contributed by atoms with Gasteiger partial charge in [0.05, 0.1) is 17.8 Å². The van der Waals surface area contributed by atoms with Crippen LogP contribution in [-0.2, 0) is 4.79 Å². The zero-order chi connectivity index (χ0) is 14.7. The monoisotopic (exact) mass is 281 g/mol. The van der Waals surface area contributed by atoms with Crippen LogP contribution in [0.2, 0.25) is 0 Å². The van der Waals surface area contributed by atoms with Crippen molar-refractivity contribution >= 4 is 11.9 Å². The van der Waals surface area contributed by atoms with E-state index in [1.807, 2.05) is 0 Å². The van der Waals surface area contributed by atoms with Crippen LogP contribution in [0.25, 0.3) is 0 Å². The van der Waals surface area contributed by atoms with Crippen molar-refractivity contribution in [2.45, 2.75) is 12.2 Å². The Labute approximate surface area is 115 Å². The van der Waals surface area contributed by atoms with E-state index in [9.17, 15) is 19.8 Å². The lowest BCUT2D eigenvalue weighted by atomic mass is 10.2. The standard InChI is InChI=1S/C13H15NO6/c15-10-5-14(6-11(10)16)12(17)7-20-9-3-1-2-8(4-9)13(18)19/h1-4,10-11,15-16H,5-7H2,(H,18,19)/t10-,11+. The van der Waals surface area contributed by atoms with Gasteiger partial charge in [0.15, 0.2) is 6.61 Å². The molecule has 20 heavy (non-hydrogen) atoms. The van der Waals surface area contributed by atoms with Gasteiger partial charge >= 0.3 is 5.97 Å². The van der Waals surface area contributed by atoms with Crippen LogP contribution in [0.15, 0.2) is 24.3 Å². The number of likely N-dealkylation sites (tertiary alicyclic amines) is 1. The molecule has 7 nitrogen and oxygen atoms in total. The lowest BCUT2D eigenvalue weighted by molar-refractivity contribution is -0.132. The van der Waals surface area contributed by atoms with Crippen molar-refractivity contribution < 1.29 is 29.6 Å². The lowest BCUT2D eigenvalue weighted by Gasteiger charge is -2.15. The quantitative estimate of drug-likeness (QED) is 0.675. The first kappa shape index (κ1) is 14.3. The molecule has 0 aliphatic carbocycles. The molecule has 1 fully saturated rings. The summed E-state index contributed by atoms with van der Waals surface area (Å²) in [5, 5.41) is 27.5. The topological polar surface area (TPSA) is 107 Å². The van der Waals surface area contributed by atoms with E-state index >= 15 is 0 Å². The number of aromatic carboxylic acids is 1. The van der Waals surface area contributed by atoms with Crippen LogP contribution in [0.5, 0.6) is 5.75 Å². The number of carbonyl (C=O) groups excluding carboxylic acids is 1. The Bertz CT molecular complexity index is 507. The molecular weight excluding hydrogens is 266 g/mol. The largest absolute Gasteiger partial charge is 0.484 e. The number of ether oxygens (including phenoxy) is 1. The highest BCUT2D eigenvalue weighted by molar-refractivity contribution is 5.88. The fourth-order valence-corrected chi connectivity index (χ4v) is 1.93. The van der Waals surface area contributed by atoms with E-state index in [0.717, 1.165) is 0 Å². The molecule has 7 heteroatoms. The first-order valence-electron chi connectivity index (χ1n) is 6.07. The molecule has 0 unspecified atom stereocenters. The van der Waals surface area contributed by atoms with E-state index in [0.29, 0.717) is 0 Å². The minimum atomic E-state index is -1.08. The number of carboxylic acid groups (broad SMARTS) is 1. The fraction of sp³-hybridized carbons (Fsp3) is 0.385. The van der Waals surface area contributed by atoms with E-state index in [1.54, 1.807) is 6.07 Å². The number of rotatable bonds is 4. The second-order valence-electron chi connectivity index (χ2n) is 4.56. The molecule has 1 aromatic rings. The van der Waals surface area contributed by atoms with Gasteiger partial charge in [0.2, 0.25) is 0 Å². The van der Waals surface area contributed by atoms with Gasteiger partial charge in [-0.25, -0.2) is 4.79 Å². The molecule has 3 N–H and O–H groups in total. The Morgan fingerprint density at radius 1 is 1.25 bits per heavy atom. The van der Waals surface area contributed by atoms with E-state index in [2.05, 4.69) is 0 Å². The summed E-state index contributed by atoms with van der Waals surface area (Å²) in [6.07, 6.45) is -1.87. The number of carbonyl (C=O) groups is 2. The van der Waals surface area contributed by atoms with Crippen molar-refractivity contribution in [1.29, 1.82) is 0 Å². The smallest absolute Gasteiger partial charge is 0.335 e. The number of benzene rings is 1. The van der Waals surface area contributed by atoms with Crippen molar-refractivity contribution in [3.05, 3.63) is 29.8 Å². The summed E-state index contributed by atoms with van der Waals surface area (Å²) in [5.74, 6) is -1.17. The highest BCUT2D eigenvalue weighted by Crippen LogP contribution is 2.14. The van der Waals surface area contributed by atoms with Crippen LogP contribution in [-0.4, -0.2) is 64.0 Å². The van der Waals surface area contributed by atoms with Crippen molar-refractivity contribution in [3.8, 4) is 5.75 Å². The molecule has 108 valence electrons. The zero-order valence-corrected chi connectivity index (χ0v) is 10.6. The molecule has 1 aliphatic rings. The molecule has 0 radical (unpaired) electrons. The number of aliphatic hydroxyl groups excluding tert-OH is 2. The number of β-amino-alcohol motifs (C(OH)–C–C–N with tert-alkyl or cyclic N) is 2. The van der Waals surface area contributed by atoms with Gasteiger partial charge in [-0.05, 0) is 18.2 Å². The predicted octanol–water partition coefficient (Wildman–Crippen LogP) is -0.672. The number of hydrogen-bond donors (Lipinski definition) is 3. The van der Waals surface area contributed by atoms with Gasteiger partial charge < -0.3 is 25.0 Å². The molecule has 1 saturated heterocycles. The van der Waals surface area contributed by atoms with E-state index in [1.165, 1.54) is 23.1 Å². The van der Waals surface area contributed by atoms with Crippen LogP contribution in [0.3, 0.4) is 0 Å². The predicted molar refractivity (Wildman–Crippen MR) is 67.5 cm³/mol.